The Kier molecular flexibility index (Phi) is 5.05. The maximum absolute atomic E-state index is 12.5. The van der Waals surface area contributed by atoms with E-state index in [9.17, 15) is 4.79 Å². The van der Waals surface area contributed by atoms with Crippen molar-refractivity contribution >= 4 is 5.91 Å². The molecule has 1 amide bonds. The van der Waals surface area contributed by atoms with Crippen LogP contribution in [-0.2, 0) is 17.6 Å². The van der Waals surface area contributed by atoms with Crippen molar-refractivity contribution in [2.75, 3.05) is 13.1 Å². The fourth-order valence-corrected chi connectivity index (χ4v) is 3.32. The highest BCUT2D eigenvalue weighted by molar-refractivity contribution is 5.76. The van der Waals surface area contributed by atoms with Crippen LogP contribution in [0.2, 0.25) is 0 Å². The lowest BCUT2D eigenvalue weighted by atomic mass is 10.0. The van der Waals surface area contributed by atoms with Gasteiger partial charge in [0.1, 0.15) is 5.82 Å². The minimum absolute atomic E-state index is 0.254. The number of imidazole rings is 1. The molecule has 122 valence electrons. The van der Waals surface area contributed by atoms with Gasteiger partial charge in [-0.1, -0.05) is 6.92 Å². The Morgan fingerprint density at radius 1 is 1.30 bits per heavy atom. The molecule has 23 heavy (non-hydrogen) atoms. The molecule has 2 aromatic rings. The van der Waals surface area contributed by atoms with Gasteiger partial charge in [-0.2, -0.15) is 0 Å². The maximum atomic E-state index is 12.5. The SMILES string of the molecule is CCc1nccn1[C@@H]1CCCN(C(=O)CCc2ccncc2)C1. The summed E-state index contributed by atoms with van der Waals surface area (Å²) in [7, 11) is 0. The van der Waals surface area contributed by atoms with Crippen LogP contribution in [0.4, 0.5) is 0 Å². The van der Waals surface area contributed by atoms with Crippen LogP contribution in [0.15, 0.2) is 36.9 Å². The number of rotatable bonds is 5. The van der Waals surface area contributed by atoms with Crippen molar-refractivity contribution in [2.45, 2.75) is 45.1 Å². The van der Waals surface area contributed by atoms with Crippen molar-refractivity contribution < 1.29 is 4.79 Å². The van der Waals surface area contributed by atoms with E-state index in [0.29, 0.717) is 12.5 Å². The normalized spacial score (nSPS) is 18.1. The second-order valence-corrected chi connectivity index (χ2v) is 6.10. The molecule has 1 aliphatic rings. The molecule has 1 saturated heterocycles. The van der Waals surface area contributed by atoms with E-state index in [1.807, 2.05) is 23.2 Å². The van der Waals surface area contributed by atoms with Crippen LogP contribution in [0.1, 0.15) is 43.6 Å². The smallest absolute Gasteiger partial charge is 0.222 e. The van der Waals surface area contributed by atoms with E-state index in [-0.39, 0.29) is 5.91 Å². The number of carbonyl (C=O) groups excluding carboxylic acids is 1. The molecule has 1 atom stereocenters. The molecule has 1 aliphatic heterocycles. The number of pyridine rings is 1. The largest absolute Gasteiger partial charge is 0.341 e. The first-order chi connectivity index (χ1) is 11.3. The van der Waals surface area contributed by atoms with E-state index >= 15 is 0 Å². The first-order valence-corrected chi connectivity index (χ1v) is 8.46. The lowest BCUT2D eigenvalue weighted by molar-refractivity contribution is -0.132. The van der Waals surface area contributed by atoms with Gasteiger partial charge in [0.2, 0.25) is 5.91 Å². The Morgan fingerprint density at radius 3 is 2.91 bits per heavy atom. The lowest BCUT2D eigenvalue weighted by Gasteiger charge is -2.34. The first-order valence-electron chi connectivity index (χ1n) is 8.46. The highest BCUT2D eigenvalue weighted by Crippen LogP contribution is 2.23. The summed E-state index contributed by atoms with van der Waals surface area (Å²) in [6.07, 6.45) is 11.9. The van der Waals surface area contributed by atoms with Crippen molar-refractivity contribution in [3.05, 3.63) is 48.3 Å². The molecule has 2 aromatic heterocycles. The zero-order valence-corrected chi connectivity index (χ0v) is 13.7. The van der Waals surface area contributed by atoms with Crippen LogP contribution in [0.25, 0.3) is 0 Å². The number of aromatic nitrogens is 3. The number of amides is 1. The number of likely N-dealkylation sites (tertiary alicyclic amines) is 1. The Hall–Kier alpha value is -2.17. The van der Waals surface area contributed by atoms with Crippen LogP contribution >= 0.6 is 0 Å². The number of piperidine rings is 1. The molecule has 0 spiro atoms. The number of carbonyl (C=O) groups is 1. The monoisotopic (exact) mass is 312 g/mol. The summed E-state index contributed by atoms with van der Waals surface area (Å²) in [5.41, 5.74) is 1.17. The Bertz CT molecular complexity index is 637. The van der Waals surface area contributed by atoms with Crippen LogP contribution in [0, 0.1) is 0 Å². The molecule has 0 aliphatic carbocycles. The Morgan fingerprint density at radius 2 is 2.13 bits per heavy atom. The molecule has 0 aromatic carbocycles. The van der Waals surface area contributed by atoms with E-state index in [2.05, 4.69) is 27.7 Å². The molecule has 0 unspecified atom stereocenters. The van der Waals surface area contributed by atoms with Crippen LogP contribution in [0.3, 0.4) is 0 Å². The van der Waals surface area contributed by atoms with E-state index in [1.54, 1.807) is 12.4 Å². The molecule has 0 saturated carbocycles. The number of nitrogens with zero attached hydrogens (tertiary/aromatic N) is 4. The van der Waals surface area contributed by atoms with E-state index in [0.717, 1.165) is 44.6 Å². The lowest BCUT2D eigenvalue weighted by Crippen LogP contribution is -2.41. The van der Waals surface area contributed by atoms with Gasteiger partial charge in [0.25, 0.3) is 0 Å². The average Bonchev–Trinajstić information content (AvgIpc) is 3.09. The zero-order valence-electron chi connectivity index (χ0n) is 13.7. The van der Waals surface area contributed by atoms with Crippen LogP contribution in [0.5, 0.6) is 0 Å². The predicted octanol–water partition coefficient (Wildman–Crippen LogP) is 2.64. The van der Waals surface area contributed by atoms with Crippen LogP contribution in [-0.4, -0.2) is 38.4 Å². The van der Waals surface area contributed by atoms with Gasteiger partial charge in [-0.25, -0.2) is 4.98 Å². The minimum Gasteiger partial charge on any atom is -0.341 e. The third-order valence-electron chi connectivity index (χ3n) is 4.58. The van der Waals surface area contributed by atoms with Gasteiger partial charge in [-0.05, 0) is 37.0 Å². The summed E-state index contributed by atoms with van der Waals surface area (Å²) in [5.74, 6) is 1.37. The van der Waals surface area contributed by atoms with Gasteiger partial charge in [-0.15, -0.1) is 0 Å². The quantitative estimate of drug-likeness (QED) is 0.853. The predicted molar refractivity (Wildman–Crippen MR) is 89.0 cm³/mol. The summed E-state index contributed by atoms with van der Waals surface area (Å²) in [4.78, 5) is 23.0. The third-order valence-corrected chi connectivity index (χ3v) is 4.58. The third kappa shape index (κ3) is 3.78. The second-order valence-electron chi connectivity index (χ2n) is 6.10. The van der Waals surface area contributed by atoms with Gasteiger partial charge >= 0.3 is 0 Å². The topological polar surface area (TPSA) is 51.0 Å². The van der Waals surface area contributed by atoms with Crippen molar-refractivity contribution in [1.29, 1.82) is 0 Å². The summed E-state index contributed by atoms with van der Waals surface area (Å²) in [6, 6.07) is 4.32. The number of aryl methyl sites for hydroxylation is 2. The van der Waals surface area contributed by atoms with Crippen molar-refractivity contribution in [3.8, 4) is 0 Å². The Balaban J connectivity index is 1.58. The molecular formula is C18H24N4O. The summed E-state index contributed by atoms with van der Waals surface area (Å²) < 4.78 is 2.25. The summed E-state index contributed by atoms with van der Waals surface area (Å²) >= 11 is 0. The van der Waals surface area contributed by atoms with Crippen LogP contribution < -0.4 is 0 Å². The fourth-order valence-electron chi connectivity index (χ4n) is 3.32. The molecule has 5 nitrogen and oxygen atoms in total. The molecule has 0 N–H and O–H groups in total. The number of hydrogen-bond donors (Lipinski definition) is 0. The van der Waals surface area contributed by atoms with Gasteiger partial charge in [-0.3, -0.25) is 9.78 Å². The van der Waals surface area contributed by atoms with Crippen molar-refractivity contribution in [1.82, 2.24) is 19.4 Å². The maximum Gasteiger partial charge on any atom is 0.222 e. The molecule has 0 bridgehead atoms. The Labute approximate surface area is 137 Å². The van der Waals surface area contributed by atoms with Gasteiger partial charge in [0.05, 0.1) is 6.04 Å². The zero-order chi connectivity index (χ0) is 16.1. The molecule has 1 fully saturated rings. The molecule has 0 radical (unpaired) electrons. The van der Waals surface area contributed by atoms with Crippen molar-refractivity contribution in [3.63, 3.8) is 0 Å². The summed E-state index contributed by atoms with van der Waals surface area (Å²) in [6.45, 7) is 3.81. The number of hydrogen-bond acceptors (Lipinski definition) is 3. The average molecular weight is 312 g/mol. The fraction of sp³-hybridized carbons (Fsp3) is 0.500. The van der Waals surface area contributed by atoms with E-state index in [1.165, 1.54) is 5.56 Å². The van der Waals surface area contributed by atoms with Gasteiger partial charge in [0.15, 0.2) is 0 Å². The van der Waals surface area contributed by atoms with Crippen molar-refractivity contribution in [2.24, 2.45) is 0 Å². The molecule has 3 rings (SSSR count). The second kappa shape index (κ2) is 7.40. The highest BCUT2D eigenvalue weighted by Gasteiger charge is 2.25. The minimum atomic E-state index is 0.254. The van der Waals surface area contributed by atoms with Gasteiger partial charge < -0.3 is 9.47 Å². The molecular weight excluding hydrogens is 288 g/mol. The standard InChI is InChI=1S/C18H24N4O/c1-2-17-20-11-13-22(17)16-4-3-12-21(14-16)18(23)6-5-15-7-9-19-10-8-15/h7-11,13,16H,2-6,12,14H2,1H3/t16-/m1/s1. The highest BCUT2D eigenvalue weighted by atomic mass is 16.2. The first kappa shape index (κ1) is 15.7. The molecule has 3 heterocycles. The van der Waals surface area contributed by atoms with Gasteiger partial charge in [0, 0.05) is 50.7 Å². The summed E-state index contributed by atoms with van der Waals surface area (Å²) in [5, 5.41) is 0. The molecule has 5 heteroatoms. The van der Waals surface area contributed by atoms with E-state index < -0.39 is 0 Å². The van der Waals surface area contributed by atoms with E-state index in [4.69, 9.17) is 0 Å².